The summed E-state index contributed by atoms with van der Waals surface area (Å²) in [4.78, 5) is 28.4. The third-order valence-corrected chi connectivity index (χ3v) is 6.00. The molecule has 3 rings (SSSR count). The van der Waals surface area contributed by atoms with Crippen LogP contribution in [0.15, 0.2) is 83.3 Å². The summed E-state index contributed by atoms with van der Waals surface area (Å²) in [7, 11) is 0. The molecule has 0 aliphatic rings. The van der Waals surface area contributed by atoms with Gasteiger partial charge in [-0.3, -0.25) is 9.59 Å². The lowest BCUT2D eigenvalue weighted by molar-refractivity contribution is -0.142. The molecule has 0 bridgehead atoms. The van der Waals surface area contributed by atoms with Gasteiger partial charge in [0.05, 0.1) is 0 Å². The summed E-state index contributed by atoms with van der Waals surface area (Å²) in [6.45, 7) is 4.76. The molecule has 1 atom stereocenters. The van der Waals surface area contributed by atoms with Crippen molar-refractivity contribution in [3.63, 3.8) is 0 Å². The third kappa shape index (κ3) is 7.73. The molecule has 1 N–H and O–H groups in total. The number of hydrogen-bond donors (Lipinski definition) is 1. The molecule has 0 saturated heterocycles. The minimum absolute atomic E-state index is 0.153. The Bertz CT molecular complexity index is 1050. The number of nitrogens with zero attached hydrogens (tertiary/aromatic N) is 1. The summed E-state index contributed by atoms with van der Waals surface area (Å²) in [5, 5.41) is 2.98. The summed E-state index contributed by atoms with van der Waals surface area (Å²) in [6, 6.07) is 24.5. The van der Waals surface area contributed by atoms with Gasteiger partial charge in [0, 0.05) is 24.0 Å². The van der Waals surface area contributed by atoms with Crippen molar-refractivity contribution in [3.05, 3.63) is 100 Å². The molecule has 0 radical (unpaired) electrons. The maximum absolute atomic E-state index is 13.5. The molecule has 0 unspecified atom stereocenters. The molecule has 0 aromatic heterocycles. The van der Waals surface area contributed by atoms with Gasteiger partial charge >= 0.3 is 0 Å². The maximum atomic E-state index is 13.5. The Morgan fingerprint density at radius 2 is 1.62 bits per heavy atom. The van der Waals surface area contributed by atoms with Gasteiger partial charge in [-0.15, -0.1) is 0 Å². The largest absolute Gasteiger partial charge is 0.484 e. The van der Waals surface area contributed by atoms with E-state index in [0.29, 0.717) is 25.3 Å². The maximum Gasteiger partial charge on any atom is 0.261 e. The average molecular weight is 523 g/mol. The minimum Gasteiger partial charge on any atom is -0.484 e. The highest BCUT2D eigenvalue weighted by Gasteiger charge is 2.30. The molecular formula is C28H31BrN2O3. The predicted molar refractivity (Wildman–Crippen MR) is 139 cm³/mol. The van der Waals surface area contributed by atoms with Gasteiger partial charge in [0.15, 0.2) is 6.61 Å². The van der Waals surface area contributed by atoms with Crippen LogP contribution in [-0.4, -0.2) is 35.9 Å². The van der Waals surface area contributed by atoms with Crippen molar-refractivity contribution >= 4 is 27.7 Å². The second-order valence-electron chi connectivity index (χ2n) is 8.25. The van der Waals surface area contributed by atoms with E-state index in [0.717, 1.165) is 27.6 Å². The smallest absolute Gasteiger partial charge is 0.261 e. The fourth-order valence-electron chi connectivity index (χ4n) is 3.57. The van der Waals surface area contributed by atoms with Gasteiger partial charge < -0.3 is 15.0 Å². The van der Waals surface area contributed by atoms with Crippen LogP contribution >= 0.6 is 15.9 Å². The van der Waals surface area contributed by atoms with Gasteiger partial charge in [-0.1, -0.05) is 83.0 Å². The van der Waals surface area contributed by atoms with E-state index in [1.54, 1.807) is 17.0 Å². The van der Waals surface area contributed by atoms with Crippen LogP contribution in [0.1, 0.15) is 30.0 Å². The van der Waals surface area contributed by atoms with Crippen LogP contribution in [0.4, 0.5) is 0 Å². The number of nitrogens with one attached hydrogen (secondary N) is 1. The molecule has 2 amide bonds. The zero-order chi connectivity index (χ0) is 24.3. The second kappa shape index (κ2) is 12.9. The number of amides is 2. The Morgan fingerprint density at radius 1 is 0.941 bits per heavy atom. The molecule has 3 aromatic carbocycles. The first-order valence-electron chi connectivity index (χ1n) is 11.5. The first-order valence-corrected chi connectivity index (χ1v) is 12.3. The molecule has 6 heteroatoms. The zero-order valence-electron chi connectivity index (χ0n) is 19.7. The molecule has 0 aliphatic carbocycles. The summed E-state index contributed by atoms with van der Waals surface area (Å²) in [5.74, 6) is 0.202. The minimum atomic E-state index is -0.656. The van der Waals surface area contributed by atoms with E-state index in [1.165, 1.54) is 0 Å². The van der Waals surface area contributed by atoms with Crippen LogP contribution in [-0.2, 0) is 22.6 Å². The second-order valence-corrected chi connectivity index (χ2v) is 9.16. The lowest BCUT2D eigenvalue weighted by Gasteiger charge is -2.31. The first kappa shape index (κ1) is 25.5. The lowest BCUT2D eigenvalue weighted by Crippen LogP contribution is -2.51. The molecule has 0 saturated carbocycles. The number of ether oxygens (including phenoxy) is 1. The van der Waals surface area contributed by atoms with Crippen molar-refractivity contribution in [2.45, 2.75) is 39.3 Å². The number of carbonyl (C=O) groups is 2. The summed E-state index contributed by atoms with van der Waals surface area (Å²) in [6.07, 6.45) is 1.24. The topological polar surface area (TPSA) is 58.6 Å². The Morgan fingerprint density at radius 3 is 2.26 bits per heavy atom. The molecule has 0 spiro atoms. The molecule has 178 valence electrons. The highest BCUT2D eigenvalue weighted by molar-refractivity contribution is 9.10. The lowest BCUT2D eigenvalue weighted by atomic mass is 10.0. The summed E-state index contributed by atoms with van der Waals surface area (Å²) in [5.41, 5.74) is 3.10. The Balaban J connectivity index is 1.87. The van der Waals surface area contributed by atoms with E-state index in [1.807, 2.05) is 80.6 Å². The van der Waals surface area contributed by atoms with Crippen molar-refractivity contribution in [1.29, 1.82) is 0 Å². The van der Waals surface area contributed by atoms with Crippen LogP contribution < -0.4 is 10.1 Å². The molecule has 0 heterocycles. The number of hydrogen-bond acceptors (Lipinski definition) is 3. The Hall–Kier alpha value is -3.12. The number of rotatable bonds is 11. The van der Waals surface area contributed by atoms with E-state index < -0.39 is 6.04 Å². The van der Waals surface area contributed by atoms with Gasteiger partial charge in [0.25, 0.3) is 5.91 Å². The van der Waals surface area contributed by atoms with Crippen LogP contribution in [0.25, 0.3) is 0 Å². The monoisotopic (exact) mass is 522 g/mol. The van der Waals surface area contributed by atoms with E-state index in [9.17, 15) is 9.59 Å². The summed E-state index contributed by atoms with van der Waals surface area (Å²) >= 11 is 3.40. The molecule has 34 heavy (non-hydrogen) atoms. The zero-order valence-corrected chi connectivity index (χ0v) is 21.3. The van der Waals surface area contributed by atoms with Gasteiger partial charge in [-0.05, 0) is 48.7 Å². The molecular weight excluding hydrogens is 492 g/mol. The summed E-state index contributed by atoms with van der Waals surface area (Å²) < 4.78 is 6.71. The van der Waals surface area contributed by atoms with Gasteiger partial charge in [-0.2, -0.15) is 0 Å². The quantitative estimate of drug-likeness (QED) is 0.371. The highest BCUT2D eigenvalue weighted by atomic mass is 79.9. The standard InChI is InChI=1S/C28H31BrN2O3/c1-3-17-30-28(33)26(18-22-7-5-4-6-8-22)31(19-23-11-9-21(2)10-12-23)27(32)20-34-25-15-13-24(29)14-16-25/h4-16,26H,3,17-20H2,1-2H3,(H,30,33)/t26-/m0/s1. The molecule has 3 aromatic rings. The fourth-order valence-corrected chi connectivity index (χ4v) is 3.83. The van der Waals surface area contributed by atoms with Crippen molar-refractivity contribution in [1.82, 2.24) is 10.2 Å². The molecule has 0 fully saturated rings. The van der Waals surface area contributed by atoms with Gasteiger partial charge in [-0.25, -0.2) is 0 Å². The number of aryl methyl sites for hydroxylation is 1. The number of benzene rings is 3. The number of halogens is 1. The van der Waals surface area contributed by atoms with E-state index in [4.69, 9.17) is 4.74 Å². The van der Waals surface area contributed by atoms with Crippen molar-refractivity contribution in [2.75, 3.05) is 13.2 Å². The van der Waals surface area contributed by atoms with E-state index in [-0.39, 0.29) is 18.4 Å². The van der Waals surface area contributed by atoms with Crippen molar-refractivity contribution in [2.24, 2.45) is 0 Å². The van der Waals surface area contributed by atoms with Gasteiger partial charge in [0.2, 0.25) is 5.91 Å². The molecule has 0 aliphatic heterocycles. The van der Waals surface area contributed by atoms with Crippen LogP contribution in [0.5, 0.6) is 5.75 Å². The van der Waals surface area contributed by atoms with E-state index in [2.05, 4.69) is 21.2 Å². The molecule has 5 nitrogen and oxygen atoms in total. The number of carbonyl (C=O) groups excluding carboxylic acids is 2. The van der Waals surface area contributed by atoms with Crippen molar-refractivity contribution < 1.29 is 14.3 Å². The highest BCUT2D eigenvalue weighted by Crippen LogP contribution is 2.18. The Kier molecular flexibility index (Phi) is 9.71. The van der Waals surface area contributed by atoms with Crippen LogP contribution in [0, 0.1) is 6.92 Å². The van der Waals surface area contributed by atoms with Crippen LogP contribution in [0.2, 0.25) is 0 Å². The first-order chi connectivity index (χ1) is 16.5. The SMILES string of the molecule is CCCNC(=O)[C@H](Cc1ccccc1)N(Cc1ccc(C)cc1)C(=O)COc1ccc(Br)cc1. The fraction of sp³-hybridized carbons (Fsp3) is 0.286. The van der Waals surface area contributed by atoms with Crippen LogP contribution in [0.3, 0.4) is 0 Å². The average Bonchev–Trinajstić information content (AvgIpc) is 2.86. The van der Waals surface area contributed by atoms with Crippen molar-refractivity contribution in [3.8, 4) is 5.75 Å². The van der Waals surface area contributed by atoms with Gasteiger partial charge in [0.1, 0.15) is 11.8 Å². The Labute approximate surface area is 210 Å². The normalized spacial score (nSPS) is 11.5. The predicted octanol–water partition coefficient (Wildman–Crippen LogP) is 5.30. The third-order valence-electron chi connectivity index (χ3n) is 5.47. The van der Waals surface area contributed by atoms with E-state index >= 15 is 0 Å².